The Morgan fingerprint density at radius 1 is 1.44 bits per heavy atom. The number of aryl methyl sites for hydroxylation is 2. The number of likely N-dealkylation sites (tertiary alicyclic amines) is 1. The maximum atomic E-state index is 12.2. The lowest BCUT2D eigenvalue weighted by molar-refractivity contribution is -0.141. The van der Waals surface area contributed by atoms with E-state index >= 15 is 0 Å². The largest absolute Gasteiger partial charge is 0.480 e. The summed E-state index contributed by atoms with van der Waals surface area (Å²) in [5.74, 6) is -1.29. The number of rotatable bonds is 2. The summed E-state index contributed by atoms with van der Waals surface area (Å²) in [6.07, 6.45) is -0.785. The molecule has 7 heteroatoms. The van der Waals surface area contributed by atoms with Gasteiger partial charge in [-0.25, -0.2) is 9.78 Å². The first-order chi connectivity index (χ1) is 8.40. The highest BCUT2D eigenvalue weighted by atomic mass is 16.4. The zero-order valence-corrected chi connectivity index (χ0v) is 10.1. The van der Waals surface area contributed by atoms with E-state index in [9.17, 15) is 14.7 Å². The van der Waals surface area contributed by atoms with Crippen LogP contribution in [-0.2, 0) is 4.79 Å². The average molecular weight is 254 g/mol. The number of hydrogen-bond donors (Lipinski definition) is 2. The molecule has 0 saturated carbocycles. The summed E-state index contributed by atoms with van der Waals surface area (Å²) in [6, 6.07) is -1.02. The van der Waals surface area contributed by atoms with E-state index in [1.807, 2.05) is 0 Å². The normalized spacial score (nSPS) is 23.4. The molecule has 0 radical (unpaired) electrons. The molecule has 1 fully saturated rings. The van der Waals surface area contributed by atoms with Crippen LogP contribution in [0.25, 0.3) is 0 Å². The van der Waals surface area contributed by atoms with Crippen LogP contribution >= 0.6 is 0 Å². The average Bonchev–Trinajstić information content (AvgIpc) is 2.81. The van der Waals surface area contributed by atoms with Gasteiger partial charge in [-0.1, -0.05) is 0 Å². The highest BCUT2D eigenvalue weighted by Crippen LogP contribution is 2.22. The second-order valence-electron chi connectivity index (χ2n) is 4.35. The van der Waals surface area contributed by atoms with Crippen LogP contribution in [0.1, 0.15) is 28.6 Å². The Bertz CT molecular complexity index is 496. The number of amides is 1. The highest BCUT2D eigenvalue weighted by Gasteiger charge is 2.40. The molecule has 1 amide bonds. The molecule has 98 valence electrons. The maximum absolute atomic E-state index is 12.2. The number of aliphatic hydroxyl groups is 1. The minimum atomic E-state index is -1.13. The van der Waals surface area contributed by atoms with Crippen LogP contribution in [0.5, 0.6) is 0 Å². The fourth-order valence-electron chi connectivity index (χ4n) is 2.13. The van der Waals surface area contributed by atoms with Crippen molar-refractivity contribution in [2.75, 3.05) is 6.54 Å². The third-order valence-electron chi connectivity index (χ3n) is 2.92. The van der Waals surface area contributed by atoms with Gasteiger partial charge in [0.1, 0.15) is 6.04 Å². The molecule has 0 bridgehead atoms. The summed E-state index contributed by atoms with van der Waals surface area (Å²) in [5, 5.41) is 18.5. The summed E-state index contributed by atoms with van der Waals surface area (Å²) >= 11 is 0. The van der Waals surface area contributed by atoms with E-state index in [-0.39, 0.29) is 18.7 Å². The van der Waals surface area contributed by atoms with E-state index in [1.54, 1.807) is 13.8 Å². The number of oxazole rings is 1. The molecule has 2 heterocycles. The molecule has 18 heavy (non-hydrogen) atoms. The lowest BCUT2D eigenvalue weighted by Crippen LogP contribution is -2.40. The predicted octanol–water partition coefficient (Wildman–Crippen LogP) is -0.0486. The van der Waals surface area contributed by atoms with Crippen molar-refractivity contribution in [2.24, 2.45) is 0 Å². The summed E-state index contributed by atoms with van der Waals surface area (Å²) in [7, 11) is 0. The molecule has 2 rings (SSSR count). The van der Waals surface area contributed by atoms with Gasteiger partial charge >= 0.3 is 5.97 Å². The minimum absolute atomic E-state index is 0.00497. The second kappa shape index (κ2) is 4.41. The van der Waals surface area contributed by atoms with Crippen LogP contribution in [0.4, 0.5) is 0 Å². The third kappa shape index (κ3) is 2.08. The number of nitrogens with zero attached hydrogens (tertiary/aromatic N) is 2. The Balaban J connectivity index is 2.28. The van der Waals surface area contributed by atoms with E-state index in [2.05, 4.69) is 4.98 Å². The topological polar surface area (TPSA) is 104 Å². The highest BCUT2D eigenvalue weighted by molar-refractivity contribution is 5.95. The van der Waals surface area contributed by atoms with Gasteiger partial charge in [-0.15, -0.1) is 0 Å². The van der Waals surface area contributed by atoms with Gasteiger partial charge in [0, 0.05) is 19.9 Å². The van der Waals surface area contributed by atoms with Gasteiger partial charge in [-0.3, -0.25) is 4.79 Å². The van der Waals surface area contributed by atoms with Crippen molar-refractivity contribution in [2.45, 2.75) is 32.4 Å². The van der Waals surface area contributed by atoms with Crippen molar-refractivity contribution in [1.82, 2.24) is 9.88 Å². The number of β-amino-alcohol motifs (C(OH)–C–C–N with tert-alkyl or cyclic N) is 1. The molecule has 1 saturated heterocycles. The number of carbonyl (C=O) groups excluding carboxylic acids is 1. The van der Waals surface area contributed by atoms with Crippen LogP contribution in [0, 0.1) is 13.8 Å². The number of aliphatic hydroxyl groups excluding tert-OH is 1. The van der Waals surface area contributed by atoms with Gasteiger partial charge in [0.2, 0.25) is 5.76 Å². The van der Waals surface area contributed by atoms with Gasteiger partial charge in [0.15, 0.2) is 5.89 Å². The van der Waals surface area contributed by atoms with Crippen molar-refractivity contribution in [3.8, 4) is 0 Å². The van der Waals surface area contributed by atoms with E-state index in [4.69, 9.17) is 9.52 Å². The van der Waals surface area contributed by atoms with E-state index in [1.165, 1.54) is 0 Å². The van der Waals surface area contributed by atoms with E-state index in [0.29, 0.717) is 11.6 Å². The standard InChI is InChI=1S/C11H14N2O5/c1-5-9(18-6(2)12-5)10(15)13-4-7(14)3-8(13)11(16)17/h7-8,14H,3-4H2,1-2H3,(H,16,17). The molecular weight excluding hydrogens is 240 g/mol. The number of aromatic nitrogens is 1. The lowest BCUT2D eigenvalue weighted by Gasteiger charge is -2.19. The van der Waals surface area contributed by atoms with Gasteiger partial charge in [-0.2, -0.15) is 0 Å². The van der Waals surface area contributed by atoms with Crippen LogP contribution in [0.2, 0.25) is 0 Å². The van der Waals surface area contributed by atoms with Crippen LogP contribution in [0.3, 0.4) is 0 Å². The Kier molecular flexibility index (Phi) is 3.08. The summed E-state index contributed by atoms with van der Waals surface area (Å²) in [4.78, 5) is 28.3. The Morgan fingerprint density at radius 2 is 2.11 bits per heavy atom. The third-order valence-corrected chi connectivity index (χ3v) is 2.92. The molecule has 1 aromatic heterocycles. The molecule has 2 N–H and O–H groups in total. The molecule has 1 aromatic rings. The van der Waals surface area contributed by atoms with E-state index < -0.39 is 24.0 Å². The Morgan fingerprint density at radius 3 is 2.61 bits per heavy atom. The van der Waals surface area contributed by atoms with Crippen molar-refractivity contribution in [3.05, 3.63) is 17.3 Å². The molecular formula is C11H14N2O5. The zero-order chi connectivity index (χ0) is 13.4. The Hall–Kier alpha value is -1.89. The molecule has 7 nitrogen and oxygen atoms in total. The first-order valence-electron chi connectivity index (χ1n) is 5.56. The van der Waals surface area contributed by atoms with Crippen LogP contribution < -0.4 is 0 Å². The summed E-state index contributed by atoms with van der Waals surface area (Å²) in [6.45, 7) is 3.22. The number of hydrogen-bond acceptors (Lipinski definition) is 5. The smallest absolute Gasteiger partial charge is 0.326 e. The first-order valence-corrected chi connectivity index (χ1v) is 5.56. The molecule has 1 aliphatic rings. The van der Waals surface area contributed by atoms with Crippen molar-refractivity contribution in [1.29, 1.82) is 0 Å². The van der Waals surface area contributed by atoms with Crippen molar-refractivity contribution >= 4 is 11.9 Å². The summed E-state index contributed by atoms with van der Waals surface area (Å²) < 4.78 is 5.17. The fourth-order valence-corrected chi connectivity index (χ4v) is 2.13. The molecule has 2 unspecified atom stereocenters. The number of carbonyl (C=O) groups is 2. The van der Waals surface area contributed by atoms with Crippen LogP contribution in [-0.4, -0.2) is 50.7 Å². The molecule has 0 aliphatic carbocycles. The SMILES string of the molecule is Cc1nc(C)c(C(=O)N2CC(O)CC2C(=O)O)o1. The van der Waals surface area contributed by atoms with Gasteiger partial charge in [0.25, 0.3) is 5.91 Å². The molecule has 1 aliphatic heterocycles. The van der Waals surface area contributed by atoms with Crippen LogP contribution in [0.15, 0.2) is 4.42 Å². The zero-order valence-electron chi connectivity index (χ0n) is 10.1. The Labute approximate surface area is 103 Å². The molecule has 0 spiro atoms. The number of carboxylic acid groups (broad SMARTS) is 1. The predicted molar refractivity (Wildman–Crippen MR) is 59.1 cm³/mol. The minimum Gasteiger partial charge on any atom is -0.480 e. The first kappa shape index (κ1) is 12.6. The maximum Gasteiger partial charge on any atom is 0.326 e. The molecule has 0 aromatic carbocycles. The van der Waals surface area contributed by atoms with E-state index in [0.717, 1.165) is 4.90 Å². The lowest BCUT2D eigenvalue weighted by atomic mass is 10.2. The quantitative estimate of drug-likeness (QED) is 0.767. The summed E-state index contributed by atoms with van der Waals surface area (Å²) in [5.41, 5.74) is 0.419. The van der Waals surface area contributed by atoms with Gasteiger partial charge in [0.05, 0.1) is 11.8 Å². The fraction of sp³-hybridized carbons (Fsp3) is 0.545. The van der Waals surface area contributed by atoms with Crippen molar-refractivity contribution in [3.63, 3.8) is 0 Å². The van der Waals surface area contributed by atoms with Gasteiger partial charge < -0.3 is 19.5 Å². The van der Waals surface area contributed by atoms with Crippen molar-refractivity contribution < 1.29 is 24.2 Å². The monoisotopic (exact) mass is 254 g/mol. The van der Waals surface area contributed by atoms with Gasteiger partial charge in [-0.05, 0) is 6.92 Å². The number of carboxylic acids is 1. The molecule has 2 atom stereocenters. The number of aliphatic carboxylic acids is 1. The second-order valence-corrected chi connectivity index (χ2v) is 4.35.